The largest absolute Gasteiger partial charge is 0.379 e. The highest BCUT2D eigenvalue weighted by Crippen LogP contribution is 2.25. The molecule has 172 valence electrons. The van der Waals surface area contributed by atoms with Crippen molar-refractivity contribution in [3.8, 4) is 0 Å². The van der Waals surface area contributed by atoms with Crippen molar-refractivity contribution in [1.29, 1.82) is 0 Å². The molecule has 0 N–H and O–H groups in total. The lowest BCUT2D eigenvalue weighted by Crippen LogP contribution is -2.43. The van der Waals surface area contributed by atoms with Gasteiger partial charge < -0.3 is 14.4 Å². The van der Waals surface area contributed by atoms with Gasteiger partial charge in [-0.25, -0.2) is 0 Å². The molecular weight excluding hydrogens is 406 g/mol. The number of carbonyl (C=O) groups excluding carboxylic acids is 1. The number of hydrogen-bond acceptors (Lipinski definition) is 6. The van der Waals surface area contributed by atoms with Gasteiger partial charge in [0, 0.05) is 70.0 Å². The summed E-state index contributed by atoms with van der Waals surface area (Å²) in [5, 5.41) is 4.88. The van der Waals surface area contributed by atoms with Gasteiger partial charge >= 0.3 is 0 Å². The van der Waals surface area contributed by atoms with E-state index in [1.165, 1.54) is 11.3 Å². The number of rotatable bonds is 6. The average molecular weight is 440 g/mol. The first kappa shape index (κ1) is 21.6. The predicted molar refractivity (Wildman–Crippen MR) is 121 cm³/mol. The predicted octanol–water partition coefficient (Wildman–Crippen LogP) is 1.09. The first-order chi connectivity index (χ1) is 15.8. The van der Waals surface area contributed by atoms with Crippen molar-refractivity contribution < 1.29 is 14.3 Å². The highest BCUT2D eigenvalue weighted by Gasteiger charge is 2.31. The Balaban J connectivity index is 1.35. The molecule has 1 amide bonds. The van der Waals surface area contributed by atoms with E-state index >= 15 is 0 Å². The van der Waals surface area contributed by atoms with Gasteiger partial charge in [0.25, 0.3) is 5.91 Å². The minimum atomic E-state index is 0.0476. The van der Waals surface area contributed by atoms with Crippen molar-refractivity contribution in [2.45, 2.75) is 19.5 Å². The number of ether oxygens (including phenoxy) is 2. The molecule has 3 aliphatic heterocycles. The monoisotopic (exact) mass is 439 g/mol. The van der Waals surface area contributed by atoms with E-state index in [4.69, 9.17) is 14.6 Å². The third-order valence-corrected chi connectivity index (χ3v) is 6.73. The molecular formula is C24H33N5O3. The molecule has 0 spiro atoms. The van der Waals surface area contributed by atoms with Crippen molar-refractivity contribution in [3.05, 3.63) is 52.8 Å². The molecule has 5 rings (SSSR count). The lowest BCUT2D eigenvalue weighted by molar-refractivity contribution is 0.0294. The first-order valence-electron chi connectivity index (χ1n) is 11.8. The fourth-order valence-electron chi connectivity index (χ4n) is 4.82. The van der Waals surface area contributed by atoms with Gasteiger partial charge in [-0.1, -0.05) is 30.3 Å². The van der Waals surface area contributed by atoms with Gasteiger partial charge in [0.2, 0.25) is 0 Å². The van der Waals surface area contributed by atoms with Gasteiger partial charge in [-0.15, -0.1) is 0 Å². The zero-order valence-electron chi connectivity index (χ0n) is 18.7. The van der Waals surface area contributed by atoms with Crippen molar-refractivity contribution >= 4 is 5.91 Å². The Bertz CT molecular complexity index is 904. The average Bonchev–Trinajstić information content (AvgIpc) is 3.21. The Hall–Kier alpha value is -2.26. The van der Waals surface area contributed by atoms with Gasteiger partial charge in [0.1, 0.15) is 0 Å². The van der Waals surface area contributed by atoms with Crippen LogP contribution in [0.4, 0.5) is 0 Å². The normalized spacial score (nSPS) is 20.3. The number of carbonyl (C=O) groups is 1. The molecule has 32 heavy (non-hydrogen) atoms. The summed E-state index contributed by atoms with van der Waals surface area (Å²) in [5.74, 6) is 0.0476. The van der Waals surface area contributed by atoms with E-state index in [0.717, 1.165) is 64.5 Å². The molecule has 3 aliphatic rings. The molecule has 8 heteroatoms. The molecule has 8 nitrogen and oxygen atoms in total. The van der Waals surface area contributed by atoms with Crippen LogP contribution >= 0.6 is 0 Å². The van der Waals surface area contributed by atoms with Crippen molar-refractivity contribution in [2.75, 3.05) is 72.2 Å². The summed E-state index contributed by atoms with van der Waals surface area (Å²) in [7, 11) is 0. The van der Waals surface area contributed by atoms with Crippen LogP contribution in [0.3, 0.4) is 0 Å². The summed E-state index contributed by atoms with van der Waals surface area (Å²) < 4.78 is 13.0. The Kier molecular flexibility index (Phi) is 6.83. The maximum atomic E-state index is 13.4. The summed E-state index contributed by atoms with van der Waals surface area (Å²) in [6, 6.07) is 10.4. The first-order valence-corrected chi connectivity index (χ1v) is 11.8. The molecule has 0 radical (unpaired) electrons. The molecule has 0 bridgehead atoms. The van der Waals surface area contributed by atoms with Crippen molar-refractivity contribution in [2.24, 2.45) is 0 Å². The molecule has 0 atom stereocenters. The van der Waals surface area contributed by atoms with Crippen LogP contribution < -0.4 is 0 Å². The van der Waals surface area contributed by atoms with Crippen LogP contribution in [0.2, 0.25) is 0 Å². The van der Waals surface area contributed by atoms with Gasteiger partial charge in [0.15, 0.2) is 5.69 Å². The smallest absolute Gasteiger partial charge is 0.274 e. The standard InChI is InChI=1S/C24H33N5O3/c30-24(28-12-16-32-17-13-28)23-21-19-27(9-8-26-10-14-31-15-11-26)7-6-22(21)29(25-23)18-20-4-2-1-3-5-20/h1-5H,6-19H2. The SMILES string of the molecule is O=C(c1nn(Cc2ccccc2)c2c1CN(CCN1CCOCC1)CC2)N1CCOCC1. The third kappa shape index (κ3) is 4.88. The van der Waals surface area contributed by atoms with Gasteiger partial charge in [0.05, 0.1) is 33.0 Å². The second kappa shape index (κ2) is 10.1. The van der Waals surface area contributed by atoms with Gasteiger partial charge in [-0.05, 0) is 5.56 Å². The maximum absolute atomic E-state index is 13.4. The highest BCUT2D eigenvalue weighted by atomic mass is 16.5. The van der Waals surface area contributed by atoms with E-state index in [9.17, 15) is 4.79 Å². The number of fused-ring (bicyclic) bond motifs is 1. The summed E-state index contributed by atoms with van der Waals surface area (Å²) in [6.45, 7) is 10.7. The summed E-state index contributed by atoms with van der Waals surface area (Å²) in [6.07, 6.45) is 0.925. The number of hydrogen-bond donors (Lipinski definition) is 0. The summed E-state index contributed by atoms with van der Waals surface area (Å²) in [4.78, 5) is 20.2. The quantitative estimate of drug-likeness (QED) is 0.672. The summed E-state index contributed by atoms with van der Waals surface area (Å²) in [5.41, 5.74) is 4.17. The van der Waals surface area contributed by atoms with Crippen molar-refractivity contribution in [1.82, 2.24) is 24.5 Å². The minimum Gasteiger partial charge on any atom is -0.379 e. The third-order valence-electron chi connectivity index (χ3n) is 6.73. The Morgan fingerprint density at radius 3 is 2.31 bits per heavy atom. The second-order valence-electron chi connectivity index (χ2n) is 8.80. The Morgan fingerprint density at radius 1 is 0.875 bits per heavy atom. The Morgan fingerprint density at radius 2 is 1.56 bits per heavy atom. The Labute approximate surface area is 189 Å². The lowest BCUT2D eigenvalue weighted by Gasteiger charge is -2.32. The molecule has 0 unspecified atom stereocenters. The zero-order valence-corrected chi connectivity index (χ0v) is 18.7. The van der Waals surface area contributed by atoms with Gasteiger partial charge in [-0.3, -0.25) is 19.3 Å². The highest BCUT2D eigenvalue weighted by molar-refractivity contribution is 5.94. The zero-order chi connectivity index (χ0) is 21.8. The van der Waals surface area contributed by atoms with E-state index in [2.05, 4.69) is 38.7 Å². The van der Waals surface area contributed by atoms with Crippen LogP contribution in [0.5, 0.6) is 0 Å². The molecule has 4 heterocycles. The molecule has 0 saturated carbocycles. The van der Waals surface area contributed by atoms with Crippen LogP contribution in [0.1, 0.15) is 27.3 Å². The van der Waals surface area contributed by atoms with Crippen LogP contribution in [-0.4, -0.2) is 103 Å². The minimum absolute atomic E-state index is 0.0476. The fraction of sp³-hybridized carbons (Fsp3) is 0.583. The van der Waals surface area contributed by atoms with E-state index in [1.54, 1.807) is 0 Å². The molecule has 0 aliphatic carbocycles. The topological polar surface area (TPSA) is 63.1 Å². The number of aromatic nitrogens is 2. The number of amides is 1. The van der Waals surface area contributed by atoms with E-state index < -0.39 is 0 Å². The van der Waals surface area contributed by atoms with E-state index in [1.807, 2.05) is 11.0 Å². The van der Waals surface area contributed by atoms with Crippen LogP contribution in [-0.2, 0) is 29.0 Å². The molecule has 2 fully saturated rings. The molecule has 2 saturated heterocycles. The maximum Gasteiger partial charge on any atom is 0.274 e. The second-order valence-corrected chi connectivity index (χ2v) is 8.80. The molecule has 1 aromatic heterocycles. The number of morpholine rings is 2. The summed E-state index contributed by atoms with van der Waals surface area (Å²) >= 11 is 0. The van der Waals surface area contributed by atoms with Crippen LogP contribution in [0.25, 0.3) is 0 Å². The molecule has 2 aromatic rings. The lowest BCUT2D eigenvalue weighted by atomic mass is 10.0. The number of nitrogens with zero attached hydrogens (tertiary/aromatic N) is 5. The number of benzene rings is 1. The molecule has 1 aromatic carbocycles. The van der Waals surface area contributed by atoms with E-state index in [0.29, 0.717) is 38.5 Å². The van der Waals surface area contributed by atoms with Crippen molar-refractivity contribution in [3.63, 3.8) is 0 Å². The van der Waals surface area contributed by atoms with E-state index in [-0.39, 0.29) is 5.91 Å². The van der Waals surface area contributed by atoms with Gasteiger partial charge in [-0.2, -0.15) is 5.10 Å². The van der Waals surface area contributed by atoms with Crippen LogP contribution in [0, 0.1) is 0 Å². The van der Waals surface area contributed by atoms with Crippen LogP contribution in [0.15, 0.2) is 30.3 Å². The fourth-order valence-corrected chi connectivity index (χ4v) is 4.82.